The van der Waals surface area contributed by atoms with E-state index in [1.807, 2.05) is 101 Å². The number of hydrazone groups is 1. The fourth-order valence-electron chi connectivity index (χ4n) is 3.47. The molecule has 0 aliphatic rings. The number of amides is 1. The van der Waals surface area contributed by atoms with Crippen molar-refractivity contribution in [3.63, 3.8) is 0 Å². The van der Waals surface area contributed by atoms with Gasteiger partial charge in [-0.1, -0.05) is 81.8 Å². The molecule has 0 unspecified atom stereocenters. The van der Waals surface area contributed by atoms with Gasteiger partial charge in [-0.3, -0.25) is 14.8 Å². The zero-order valence-electron chi connectivity index (χ0n) is 29.1. The molecule has 2 aromatic carbocycles. The van der Waals surface area contributed by atoms with Crippen LogP contribution in [0.2, 0.25) is 0 Å². The molecule has 10 heteroatoms. The van der Waals surface area contributed by atoms with Gasteiger partial charge in [0.25, 0.3) is 5.96 Å². The van der Waals surface area contributed by atoms with E-state index in [-0.39, 0.29) is 11.7 Å². The largest absolute Gasteiger partial charge is 0.508 e. The summed E-state index contributed by atoms with van der Waals surface area (Å²) in [6.07, 6.45) is 10.8. The molecule has 0 bridgehead atoms. The third-order valence-electron chi connectivity index (χ3n) is 6.39. The number of hydrogen-bond donors (Lipinski definition) is 4. The molecule has 0 fully saturated rings. The van der Waals surface area contributed by atoms with E-state index in [2.05, 4.69) is 39.2 Å². The number of primary amides is 1. The van der Waals surface area contributed by atoms with Gasteiger partial charge in [-0.2, -0.15) is 10.2 Å². The number of hydrazine groups is 1. The number of aromatic hydroxyl groups is 1. The van der Waals surface area contributed by atoms with Crippen LogP contribution in [0.5, 0.6) is 5.75 Å². The van der Waals surface area contributed by atoms with Gasteiger partial charge in [0.15, 0.2) is 0 Å². The highest BCUT2D eigenvalue weighted by molar-refractivity contribution is 5.96. The van der Waals surface area contributed by atoms with Crippen molar-refractivity contribution in [2.24, 2.45) is 32.6 Å². The first-order valence-electron chi connectivity index (χ1n) is 15.4. The van der Waals surface area contributed by atoms with Gasteiger partial charge in [0.1, 0.15) is 5.75 Å². The summed E-state index contributed by atoms with van der Waals surface area (Å²) in [5.41, 5.74) is 12.0. The van der Waals surface area contributed by atoms with Crippen molar-refractivity contribution < 1.29 is 9.90 Å². The maximum absolute atomic E-state index is 10.6. The Kier molecular flexibility index (Phi) is 18.1. The van der Waals surface area contributed by atoms with E-state index in [1.165, 1.54) is 0 Å². The Bertz CT molecular complexity index is 1580. The van der Waals surface area contributed by atoms with Crippen LogP contribution in [0.4, 0.5) is 11.4 Å². The minimum Gasteiger partial charge on any atom is -0.508 e. The number of phenols is 1. The summed E-state index contributed by atoms with van der Waals surface area (Å²) in [7, 11) is 1.62. The van der Waals surface area contributed by atoms with Crippen LogP contribution >= 0.6 is 0 Å². The minimum atomic E-state index is -0.375. The lowest BCUT2D eigenvalue weighted by Gasteiger charge is -2.12. The Morgan fingerprint density at radius 3 is 2.17 bits per heavy atom. The Balaban J connectivity index is 0.000000667. The number of nitrogens with two attached hydrogens (primary N) is 2. The van der Waals surface area contributed by atoms with E-state index in [9.17, 15) is 9.90 Å². The van der Waals surface area contributed by atoms with Crippen LogP contribution < -0.4 is 16.9 Å². The highest BCUT2D eigenvalue weighted by Crippen LogP contribution is 2.25. The molecule has 0 aliphatic heterocycles. The van der Waals surface area contributed by atoms with Gasteiger partial charge >= 0.3 is 0 Å². The molecule has 47 heavy (non-hydrogen) atoms. The number of rotatable bonds is 9. The Morgan fingerprint density at radius 1 is 0.979 bits per heavy atom. The predicted molar refractivity (Wildman–Crippen MR) is 199 cm³/mol. The molecule has 1 aromatic heterocycles. The molecule has 3 rings (SSSR count). The first-order valence-corrected chi connectivity index (χ1v) is 15.4. The second-order valence-corrected chi connectivity index (χ2v) is 10.4. The van der Waals surface area contributed by atoms with Crippen LogP contribution in [0, 0.1) is 5.92 Å². The van der Waals surface area contributed by atoms with Crippen LogP contribution in [-0.4, -0.2) is 46.0 Å². The number of phenolic OH excluding ortho intramolecular Hbond substituents is 1. The van der Waals surface area contributed by atoms with E-state index in [0.29, 0.717) is 23.1 Å². The second kappa shape index (κ2) is 21.4. The maximum Gasteiger partial charge on any atom is 0.256 e. The van der Waals surface area contributed by atoms with Crippen LogP contribution in [0.25, 0.3) is 11.1 Å². The number of allylic oxidation sites excluding steroid dienone is 5. The third-order valence-corrected chi connectivity index (χ3v) is 6.39. The lowest BCUT2D eigenvalue weighted by molar-refractivity contribution is -0.114. The molecular weight excluding hydrogens is 588 g/mol. The number of aliphatic imine (C=N–C) groups is 2. The van der Waals surface area contributed by atoms with Crippen LogP contribution in [-0.2, 0) is 4.79 Å². The van der Waals surface area contributed by atoms with Crippen LogP contribution in [0.15, 0.2) is 117 Å². The first-order chi connectivity index (χ1) is 22.4. The van der Waals surface area contributed by atoms with Crippen molar-refractivity contribution >= 4 is 35.2 Å². The molecule has 0 radical (unpaired) electrons. The fourth-order valence-corrected chi connectivity index (χ4v) is 3.47. The summed E-state index contributed by atoms with van der Waals surface area (Å²) in [5, 5.41) is 18.3. The average molecular weight is 639 g/mol. The van der Waals surface area contributed by atoms with Crippen molar-refractivity contribution in [3.05, 3.63) is 108 Å². The third kappa shape index (κ3) is 15.0. The number of nitrogens with one attached hydrogen (secondary N) is 1. The van der Waals surface area contributed by atoms with Crippen molar-refractivity contribution in [2.45, 2.75) is 55.4 Å². The SMILES string of the molecule is CC.CN=C(/N=C(/C)C(C)C)N(N)/N=C/c1ccc(Nc2ccc(-c3cccc(O)c3)cc2)cn1.C\C=C/C(C)=C\C=C(/C)C(N)=O. The number of benzene rings is 2. The molecule has 0 aliphatic carbocycles. The molecule has 1 amide bonds. The van der Waals surface area contributed by atoms with Gasteiger partial charge in [-0.25, -0.2) is 10.8 Å². The van der Waals surface area contributed by atoms with Crippen LogP contribution in [0.3, 0.4) is 0 Å². The van der Waals surface area contributed by atoms with Crippen molar-refractivity contribution in [1.82, 2.24) is 10.1 Å². The fraction of sp³-hybridized carbons (Fsp3) is 0.270. The number of anilines is 2. The molecule has 10 nitrogen and oxygen atoms in total. The van der Waals surface area contributed by atoms with Gasteiger partial charge in [0.2, 0.25) is 5.91 Å². The van der Waals surface area contributed by atoms with E-state index >= 15 is 0 Å². The number of nitrogens with zero attached hydrogens (tertiary/aromatic N) is 5. The molecule has 6 N–H and O–H groups in total. The highest BCUT2D eigenvalue weighted by Gasteiger charge is 2.06. The van der Waals surface area contributed by atoms with Gasteiger partial charge in [-0.05, 0) is 81.1 Å². The molecule has 0 atom stereocenters. The number of hydrogen-bond acceptors (Lipinski definition) is 7. The van der Waals surface area contributed by atoms with Gasteiger partial charge in [0, 0.05) is 24.0 Å². The average Bonchev–Trinajstić information content (AvgIpc) is 3.07. The van der Waals surface area contributed by atoms with Gasteiger partial charge < -0.3 is 16.2 Å². The Hall–Kier alpha value is -5.35. The second-order valence-electron chi connectivity index (χ2n) is 10.4. The summed E-state index contributed by atoms with van der Waals surface area (Å²) in [4.78, 5) is 23.5. The zero-order valence-corrected chi connectivity index (χ0v) is 29.1. The number of guanidine groups is 1. The summed E-state index contributed by atoms with van der Waals surface area (Å²) >= 11 is 0. The van der Waals surface area contributed by atoms with Crippen LogP contribution in [0.1, 0.15) is 61.1 Å². The zero-order chi connectivity index (χ0) is 35.4. The van der Waals surface area contributed by atoms with E-state index in [1.54, 1.807) is 44.6 Å². The van der Waals surface area contributed by atoms with E-state index < -0.39 is 0 Å². The van der Waals surface area contributed by atoms with Crippen molar-refractivity contribution in [1.29, 1.82) is 0 Å². The van der Waals surface area contributed by atoms with E-state index in [0.717, 1.165) is 38.9 Å². The summed E-state index contributed by atoms with van der Waals surface area (Å²) < 4.78 is 0. The predicted octanol–water partition coefficient (Wildman–Crippen LogP) is 7.78. The van der Waals surface area contributed by atoms with Crippen molar-refractivity contribution in [2.75, 3.05) is 12.4 Å². The van der Waals surface area contributed by atoms with Gasteiger partial charge in [0.05, 0.1) is 23.8 Å². The molecule has 250 valence electrons. The Morgan fingerprint density at radius 2 is 1.64 bits per heavy atom. The first kappa shape index (κ1) is 39.7. The molecule has 3 aromatic rings. The molecule has 1 heterocycles. The molecule has 0 saturated heterocycles. The smallest absolute Gasteiger partial charge is 0.256 e. The molecule has 0 spiro atoms. The number of aromatic nitrogens is 1. The maximum atomic E-state index is 10.6. The quantitative estimate of drug-likeness (QED) is 0.0469. The minimum absolute atomic E-state index is 0.249. The Labute approximate surface area is 280 Å². The van der Waals surface area contributed by atoms with Gasteiger partial charge in [-0.15, -0.1) is 0 Å². The lowest BCUT2D eigenvalue weighted by atomic mass is 10.1. The topological polar surface area (TPSA) is 155 Å². The highest BCUT2D eigenvalue weighted by atomic mass is 16.3. The number of carbonyl (C=O) groups excluding carboxylic acids is 1. The summed E-state index contributed by atoms with van der Waals surface area (Å²) in [6, 6.07) is 18.9. The van der Waals surface area contributed by atoms with Crippen molar-refractivity contribution in [3.8, 4) is 16.9 Å². The standard InChI is InChI=1S/C25H29N7O.C10H15NO.C2H6/c1-17(2)18(3)30-25(27-4)32(26)29-16-22-12-13-23(15-28-22)31-21-10-8-19(9-11-21)20-6-5-7-24(33)14-20;1-4-5-8(2)6-7-9(3)10(11)12;1-2/h5-17,31,33H,26H2,1-4H3;4-7H,1-3H3,(H2,11,12);1-2H3/b27-25?,29-16+,30-18-;5-4-,8-6-,9-7+;. The summed E-state index contributed by atoms with van der Waals surface area (Å²) in [6.45, 7) is 15.6. The molecule has 0 saturated carbocycles. The lowest BCUT2D eigenvalue weighted by Crippen LogP contribution is -2.32. The summed E-state index contributed by atoms with van der Waals surface area (Å²) in [5.74, 6) is 6.46. The number of carbonyl (C=O) groups is 1. The number of pyridine rings is 1. The monoisotopic (exact) mass is 638 g/mol. The normalized spacial score (nSPS) is 12.4. The molecular formula is C37H50N8O2. The van der Waals surface area contributed by atoms with E-state index in [4.69, 9.17) is 11.6 Å².